The van der Waals surface area contributed by atoms with Crippen molar-refractivity contribution in [2.75, 3.05) is 37.6 Å². The van der Waals surface area contributed by atoms with Gasteiger partial charge in [0, 0.05) is 26.2 Å². The van der Waals surface area contributed by atoms with Crippen molar-refractivity contribution >= 4 is 11.9 Å². The summed E-state index contributed by atoms with van der Waals surface area (Å²) in [5.74, 6) is 0.977. The molecule has 1 aliphatic rings. The molecule has 1 saturated heterocycles. The Labute approximate surface area is 165 Å². The molecule has 0 radical (unpaired) electrons. The fraction of sp³-hybridized carbons (Fsp3) is 0.286. The molecule has 2 aromatic carbocycles. The third kappa shape index (κ3) is 4.27. The van der Waals surface area contributed by atoms with Crippen LogP contribution in [0.4, 0.5) is 11.9 Å². The highest BCUT2D eigenvalue weighted by atomic mass is 15.3. The summed E-state index contributed by atoms with van der Waals surface area (Å²) in [5, 5.41) is 0. The fourth-order valence-corrected chi connectivity index (χ4v) is 3.79. The third-order valence-electron chi connectivity index (χ3n) is 5.08. The molecule has 1 aromatic heterocycles. The molecule has 0 spiro atoms. The lowest BCUT2D eigenvalue weighted by Gasteiger charge is -2.39. The van der Waals surface area contributed by atoms with Gasteiger partial charge in [-0.1, -0.05) is 60.7 Å². The predicted octanol–water partition coefficient (Wildman–Crippen LogP) is 1.94. The minimum absolute atomic E-state index is 0.175. The van der Waals surface area contributed by atoms with Crippen LogP contribution in [0, 0.1) is 0 Å². The van der Waals surface area contributed by atoms with Crippen LogP contribution in [-0.2, 0) is 6.54 Å². The van der Waals surface area contributed by atoms with Crippen molar-refractivity contribution in [1.29, 1.82) is 0 Å². The number of nitrogens with zero attached hydrogens (tertiary/aromatic N) is 5. The van der Waals surface area contributed by atoms with E-state index in [0.29, 0.717) is 12.4 Å². The third-order valence-corrected chi connectivity index (χ3v) is 5.08. The zero-order valence-corrected chi connectivity index (χ0v) is 15.8. The van der Waals surface area contributed by atoms with Crippen LogP contribution < -0.4 is 11.5 Å². The van der Waals surface area contributed by atoms with Crippen LogP contribution in [0.25, 0.3) is 0 Å². The van der Waals surface area contributed by atoms with Crippen molar-refractivity contribution in [3.8, 4) is 0 Å². The maximum absolute atomic E-state index is 5.69. The van der Waals surface area contributed by atoms with Crippen LogP contribution in [0.2, 0.25) is 0 Å². The molecule has 2 heterocycles. The van der Waals surface area contributed by atoms with Gasteiger partial charge in [-0.05, 0) is 11.1 Å². The Bertz CT molecular complexity index is 833. The molecule has 3 aromatic rings. The summed E-state index contributed by atoms with van der Waals surface area (Å²) in [6.45, 7) is 4.42. The summed E-state index contributed by atoms with van der Waals surface area (Å²) in [4.78, 5) is 17.1. The van der Waals surface area contributed by atoms with E-state index >= 15 is 0 Å². The van der Waals surface area contributed by atoms with Gasteiger partial charge < -0.3 is 11.5 Å². The van der Waals surface area contributed by atoms with Crippen molar-refractivity contribution in [1.82, 2.24) is 24.8 Å². The first-order chi connectivity index (χ1) is 13.7. The second-order valence-corrected chi connectivity index (χ2v) is 7.00. The Morgan fingerprint density at radius 1 is 0.714 bits per heavy atom. The summed E-state index contributed by atoms with van der Waals surface area (Å²) >= 11 is 0. The monoisotopic (exact) mass is 375 g/mol. The smallest absolute Gasteiger partial charge is 0.225 e. The largest absolute Gasteiger partial charge is 0.368 e. The van der Waals surface area contributed by atoms with Gasteiger partial charge in [-0.15, -0.1) is 0 Å². The van der Waals surface area contributed by atoms with E-state index in [1.165, 1.54) is 11.1 Å². The second kappa shape index (κ2) is 8.33. The fourth-order valence-electron chi connectivity index (χ4n) is 3.79. The van der Waals surface area contributed by atoms with Gasteiger partial charge in [0.05, 0.1) is 12.6 Å². The van der Waals surface area contributed by atoms with Gasteiger partial charge in [0.25, 0.3) is 0 Å². The average molecular weight is 375 g/mol. The van der Waals surface area contributed by atoms with Gasteiger partial charge in [-0.25, -0.2) is 0 Å². The van der Waals surface area contributed by atoms with Crippen molar-refractivity contribution in [2.24, 2.45) is 0 Å². The van der Waals surface area contributed by atoms with Gasteiger partial charge in [0.2, 0.25) is 11.9 Å². The highest BCUT2D eigenvalue weighted by Gasteiger charge is 2.26. The predicted molar refractivity (Wildman–Crippen MR) is 110 cm³/mol. The minimum atomic E-state index is 0.175. The first kappa shape index (κ1) is 18.3. The maximum Gasteiger partial charge on any atom is 0.225 e. The number of hydrogen-bond acceptors (Lipinski definition) is 7. The van der Waals surface area contributed by atoms with E-state index in [0.717, 1.165) is 26.2 Å². The number of piperazine rings is 1. The van der Waals surface area contributed by atoms with Crippen molar-refractivity contribution in [3.63, 3.8) is 0 Å². The van der Waals surface area contributed by atoms with Crippen molar-refractivity contribution < 1.29 is 0 Å². The molecule has 0 unspecified atom stereocenters. The number of rotatable bonds is 5. The number of aromatic nitrogens is 3. The average Bonchev–Trinajstić information content (AvgIpc) is 2.70. The Morgan fingerprint density at radius 3 is 1.71 bits per heavy atom. The molecule has 4 rings (SSSR count). The van der Waals surface area contributed by atoms with E-state index in [2.05, 4.69) is 85.4 Å². The molecule has 0 aliphatic carbocycles. The molecule has 0 atom stereocenters. The first-order valence-electron chi connectivity index (χ1n) is 9.51. The maximum atomic E-state index is 5.69. The Morgan fingerprint density at radius 2 is 1.21 bits per heavy atom. The number of benzene rings is 2. The molecular formula is C21H25N7. The van der Waals surface area contributed by atoms with E-state index in [9.17, 15) is 0 Å². The molecule has 28 heavy (non-hydrogen) atoms. The van der Waals surface area contributed by atoms with Crippen molar-refractivity contribution in [3.05, 3.63) is 77.6 Å². The van der Waals surface area contributed by atoms with Gasteiger partial charge in [-0.3, -0.25) is 9.80 Å². The molecule has 1 aliphatic heterocycles. The second-order valence-electron chi connectivity index (χ2n) is 7.00. The van der Waals surface area contributed by atoms with Crippen LogP contribution in [-0.4, -0.2) is 50.9 Å². The SMILES string of the molecule is Nc1nc(N)nc(CN2CCN(C(c3ccccc3)c3ccccc3)CC2)n1. The zero-order chi connectivity index (χ0) is 19.3. The molecule has 0 bridgehead atoms. The van der Waals surface area contributed by atoms with Gasteiger partial charge in [-0.2, -0.15) is 15.0 Å². The van der Waals surface area contributed by atoms with Crippen LogP contribution in [0.15, 0.2) is 60.7 Å². The summed E-state index contributed by atoms with van der Waals surface area (Å²) in [6, 6.07) is 21.7. The van der Waals surface area contributed by atoms with E-state index in [1.54, 1.807) is 0 Å². The lowest BCUT2D eigenvalue weighted by Crippen LogP contribution is -2.47. The number of nitrogens with two attached hydrogens (primary N) is 2. The zero-order valence-electron chi connectivity index (χ0n) is 15.8. The lowest BCUT2D eigenvalue weighted by atomic mass is 9.96. The highest BCUT2D eigenvalue weighted by Crippen LogP contribution is 2.29. The van der Waals surface area contributed by atoms with E-state index in [-0.39, 0.29) is 17.9 Å². The summed E-state index contributed by atoms with van der Waals surface area (Å²) in [7, 11) is 0. The summed E-state index contributed by atoms with van der Waals surface area (Å²) < 4.78 is 0. The molecule has 0 saturated carbocycles. The molecule has 0 amide bonds. The number of anilines is 2. The standard InChI is InChI=1S/C21H25N7/c22-20-24-18(25-21(23)26-20)15-27-11-13-28(14-12-27)19(16-7-3-1-4-8-16)17-9-5-2-6-10-17/h1-10,19H,11-15H2,(H4,22,23,24,25,26). The number of nitrogen functional groups attached to an aromatic ring is 2. The Kier molecular flexibility index (Phi) is 5.45. The highest BCUT2D eigenvalue weighted by molar-refractivity contribution is 5.32. The van der Waals surface area contributed by atoms with Crippen molar-refractivity contribution in [2.45, 2.75) is 12.6 Å². The Balaban J connectivity index is 1.47. The lowest BCUT2D eigenvalue weighted by molar-refractivity contribution is 0.103. The Hall–Kier alpha value is -3.03. The van der Waals surface area contributed by atoms with Crippen LogP contribution in [0.3, 0.4) is 0 Å². The normalized spacial score (nSPS) is 15.8. The molecule has 7 nitrogen and oxygen atoms in total. The van der Waals surface area contributed by atoms with Gasteiger partial charge in [0.15, 0.2) is 0 Å². The molecule has 4 N–H and O–H groups in total. The van der Waals surface area contributed by atoms with Gasteiger partial charge >= 0.3 is 0 Å². The molecule has 7 heteroatoms. The van der Waals surface area contributed by atoms with Crippen LogP contribution in [0.5, 0.6) is 0 Å². The van der Waals surface area contributed by atoms with Crippen LogP contribution in [0.1, 0.15) is 23.0 Å². The molecule has 144 valence electrons. The van der Waals surface area contributed by atoms with E-state index in [1.807, 2.05) is 0 Å². The molecule has 1 fully saturated rings. The minimum Gasteiger partial charge on any atom is -0.368 e. The summed E-state index contributed by atoms with van der Waals surface area (Å²) in [6.07, 6.45) is 0. The van der Waals surface area contributed by atoms with E-state index < -0.39 is 0 Å². The first-order valence-corrected chi connectivity index (χ1v) is 9.51. The molecular weight excluding hydrogens is 350 g/mol. The van der Waals surface area contributed by atoms with E-state index in [4.69, 9.17) is 11.5 Å². The summed E-state index contributed by atoms with van der Waals surface area (Å²) in [5.41, 5.74) is 14.0. The van der Waals surface area contributed by atoms with Gasteiger partial charge in [0.1, 0.15) is 5.82 Å². The topological polar surface area (TPSA) is 97.2 Å². The van der Waals surface area contributed by atoms with Crippen LogP contribution >= 0.6 is 0 Å². The quantitative estimate of drug-likeness (QED) is 0.703. The number of hydrogen-bond donors (Lipinski definition) is 2.